The molecule has 0 amide bonds. The van der Waals surface area contributed by atoms with Crippen molar-refractivity contribution in [3.05, 3.63) is 5.82 Å². The van der Waals surface area contributed by atoms with Crippen LogP contribution in [0.4, 0.5) is 5.13 Å². The molecule has 0 aliphatic carbocycles. The van der Waals surface area contributed by atoms with E-state index in [4.69, 9.17) is 4.99 Å². The lowest BCUT2D eigenvalue weighted by molar-refractivity contribution is 0.122. The van der Waals surface area contributed by atoms with Gasteiger partial charge in [-0.15, -0.1) is 0 Å². The quantitative estimate of drug-likeness (QED) is 0.552. The predicted octanol–water partition coefficient (Wildman–Crippen LogP) is 0.824. The summed E-state index contributed by atoms with van der Waals surface area (Å²) in [4.78, 5) is 19.3. The van der Waals surface area contributed by atoms with Crippen LogP contribution >= 0.6 is 11.5 Å². The zero-order valence-corrected chi connectivity index (χ0v) is 18.7. The van der Waals surface area contributed by atoms with Gasteiger partial charge in [0.1, 0.15) is 5.82 Å². The first-order valence-corrected chi connectivity index (χ1v) is 11.4. The second kappa shape index (κ2) is 10.4. The van der Waals surface area contributed by atoms with Gasteiger partial charge in [-0.3, -0.25) is 9.89 Å². The van der Waals surface area contributed by atoms with Gasteiger partial charge in [0.25, 0.3) is 0 Å². The fourth-order valence-electron chi connectivity index (χ4n) is 3.65. The minimum Gasteiger partial charge on any atom is -0.357 e. The molecule has 0 aromatic carbocycles. The molecule has 1 aromatic rings. The van der Waals surface area contributed by atoms with Gasteiger partial charge in [-0.25, -0.2) is 4.98 Å². The van der Waals surface area contributed by atoms with Gasteiger partial charge in [-0.05, 0) is 20.9 Å². The Kier molecular flexibility index (Phi) is 7.87. The van der Waals surface area contributed by atoms with Gasteiger partial charge >= 0.3 is 0 Å². The average Bonchev–Trinajstić information content (AvgIpc) is 3.21. The molecule has 1 unspecified atom stereocenters. The average molecular weight is 409 g/mol. The van der Waals surface area contributed by atoms with Crippen LogP contribution in [0.2, 0.25) is 0 Å². The van der Waals surface area contributed by atoms with Crippen molar-refractivity contribution in [2.24, 2.45) is 4.99 Å². The third kappa shape index (κ3) is 5.55. The van der Waals surface area contributed by atoms with E-state index in [1.807, 2.05) is 0 Å². The van der Waals surface area contributed by atoms with Crippen molar-refractivity contribution in [1.82, 2.24) is 29.4 Å². The van der Waals surface area contributed by atoms with Gasteiger partial charge in [0.2, 0.25) is 5.13 Å². The number of likely N-dealkylation sites (N-methyl/N-ethyl adjacent to an activating group) is 1. The van der Waals surface area contributed by atoms with Crippen LogP contribution in [-0.4, -0.2) is 109 Å². The summed E-state index contributed by atoms with van der Waals surface area (Å²) in [6.45, 7) is 16.8. The molecule has 0 saturated carbocycles. The van der Waals surface area contributed by atoms with Crippen LogP contribution in [0.25, 0.3) is 0 Å². The summed E-state index contributed by atoms with van der Waals surface area (Å²) in [7, 11) is 2.20. The zero-order chi connectivity index (χ0) is 19.9. The van der Waals surface area contributed by atoms with Crippen LogP contribution < -0.4 is 10.2 Å². The first-order chi connectivity index (χ1) is 13.6. The molecule has 9 heteroatoms. The van der Waals surface area contributed by atoms with E-state index < -0.39 is 0 Å². The summed E-state index contributed by atoms with van der Waals surface area (Å²) in [5, 5.41) is 4.55. The summed E-state index contributed by atoms with van der Waals surface area (Å²) < 4.78 is 4.42. The van der Waals surface area contributed by atoms with Gasteiger partial charge in [0.05, 0.1) is 6.54 Å². The number of anilines is 1. The van der Waals surface area contributed by atoms with Crippen molar-refractivity contribution in [3.63, 3.8) is 0 Å². The number of aryl methyl sites for hydroxylation is 1. The molecule has 1 aromatic heterocycles. The van der Waals surface area contributed by atoms with Gasteiger partial charge in [0, 0.05) is 82.9 Å². The first kappa shape index (κ1) is 21.3. The molecule has 3 heterocycles. The van der Waals surface area contributed by atoms with Crippen molar-refractivity contribution >= 4 is 22.6 Å². The standard InChI is InChI=1S/C19H36N8S/c1-5-17-22-19(28-23-17)27-13-11-26(12-14-27)18(20-6-2)21-15-16(3)25-9-7-24(4)8-10-25/h16H,5-15H2,1-4H3,(H,20,21). The van der Waals surface area contributed by atoms with Crippen molar-refractivity contribution in [2.75, 3.05) is 77.4 Å². The molecular formula is C19H36N8S. The highest BCUT2D eigenvalue weighted by Gasteiger charge is 2.23. The Hall–Kier alpha value is -1.45. The molecule has 3 rings (SSSR count). The second-order valence-electron chi connectivity index (χ2n) is 7.70. The number of nitrogens with one attached hydrogen (secondary N) is 1. The topological polar surface area (TPSA) is 63.1 Å². The zero-order valence-electron chi connectivity index (χ0n) is 17.9. The van der Waals surface area contributed by atoms with Gasteiger partial charge in [0.15, 0.2) is 5.96 Å². The lowest BCUT2D eigenvalue weighted by atomic mass is 10.2. The Morgan fingerprint density at radius 3 is 2.43 bits per heavy atom. The van der Waals surface area contributed by atoms with E-state index in [1.165, 1.54) is 11.5 Å². The van der Waals surface area contributed by atoms with E-state index >= 15 is 0 Å². The SMILES string of the molecule is CCNC(=NCC(C)N1CCN(C)CC1)N1CCN(c2nc(CC)ns2)CC1. The fourth-order valence-corrected chi connectivity index (χ4v) is 4.45. The smallest absolute Gasteiger partial charge is 0.205 e. The lowest BCUT2D eigenvalue weighted by Gasteiger charge is -2.37. The Morgan fingerprint density at radius 1 is 1.11 bits per heavy atom. The Morgan fingerprint density at radius 2 is 1.82 bits per heavy atom. The third-order valence-corrected chi connectivity index (χ3v) is 6.44. The summed E-state index contributed by atoms with van der Waals surface area (Å²) in [5.74, 6) is 2.00. The summed E-state index contributed by atoms with van der Waals surface area (Å²) in [6, 6.07) is 0.484. The molecule has 28 heavy (non-hydrogen) atoms. The number of aliphatic imine (C=N–C) groups is 1. The van der Waals surface area contributed by atoms with Crippen LogP contribution in [0.3, 0.4) is 0 Å². The van der Waals surface area contributed by atoms with E-state index in [9.17, 15) is 0 Å². The monoisotopic (exact) mass is 408 g/mol. The largest absolute Gasteiger partial charge is 0.357 e. The molecule has 8 nitrogen and oxygen atoms in total. The summed E-state index contributed by atoms with van der Waals surface area (Å²) >= 11 is 1.52. The van der Waals surface area contributed by atoms with Crippen LogP contribution in [0.5, 0.6) is 0 Å². The molecule has 2 saturated heterocycles. The van der Waals surface area contributed by atoms with E-state index in [0.717, 1.165) is 88.8 Å². The third-order valence-electron chi connectivity index (χ3n) is 5.62. The number of hydrogen-bond acceptors (Lipinski definition) is 7. The van der Waals surface area contributed by atoms with Crippen LogP contribution in [-0.2, 0) is 6.42 Å². The van der Waals surface area contributed by atoms with Crippen molar-refractivity contribution < 1.29 is 0 Å². The van der Waals surface area contributed by atoms with E-state index in [-0.39, 0.29) is 0 Å². The molecule has 0 radical (unpaired) electrons. The number of piperazine rings is 2. The minimum atomic E-state index is 0.484. The maximum Gasteiger partial charge on any atom is 0.205 e. The lowest BCUT2D eigenvalue weighted by Crippen LogP contribution is -2.53. The Balaban J connectivity index is 1.53. The normalized spacial score (nSPS) is 21.2. The second-order valence-corrected chi connectivity index (χ2v) is 8.43. The maximum atomic E-state index is 4.98. The van der Waals surface area contributed by atoms with E-state index in [0.29, 0.717) is 6.04 Å². The maximum absolute atomic E-state index is 4.98. The molecule has 0 spiro atoms. The van der Waals surface area contributed by atoms with E-state index in [1.54, 1.807) is 0 Å². The molecule has 0 bridgehead atoms. The molecular weight excluding hydrogens is 372 g/mol. The number of nitrogens with zero attached hydrogens (tertiary/aromatic N) is 7. The number of aromatic nitrogens is 2. The first-order valence-electron chi connectivity index (χ1n) is 10.6. The summed E-state index contributed by atoms with van der Waals surface area (Å²) in [5.41, 5.74) is 0. The van der Waals surface area contributed by atoms with Crippen LogP contribution in [0, 0.1) is 0 Å². The summed E-state index contributed by atoms with van der Waals surface area (Å²) in [6.07, 6.45) is 0.902. The highest BCUT2D eigenvalue weighted by molar-refractivity contribution is 7.09. The molecule has 2 fully saturated rings. The van der Waals surface area contributed by atoms with Gasteiger partial charge in [-0.1, -0.05) is 6.92 Å². The highest BCUT2D eigenvalue weighted by atomic mass is 32.1. The fraction of sp³-hybridized carbons (Fsp3) is 0.842. The van der Waals surface area contributed by atoms with Crippen LogP contribution in [0.1, 0.15) is 26.6 Å². The van der Waals surface area contributed by atoms with Crippen molar-refractivity contribution in [1.29, 1.82) is 0 Å². The van der Waals surface area contributed by atoms with Crippen molar-refractivity contribution in [3.8, 4) is 0 Å². The van der Waals surface area contributed by atoms with Gasteiger partial charge in [-0.2, -0.15) is 4.37 Å². The number of rotatable bonds is 6. The molecule has 2 aliphatic heterocycles. The Bertz CT molecular complexity index is 617. The van der Waals surface area contributed by atoms with E-state index in [2.05, 4.69) is 62.1 Å². The predicted molar refractivity (Wildman–Crippen MR) is 118 cm³/mol. The van der Waals surface area contributed by atoms with Crippen LogP contribution in [0.15, 0.2) is 4.99 Å². The van der Waals surface area contributed by atoms with Gasteiger partial charge < -0.3 is 20.0 Å². The number of hydrogen-bond donors (Lipinski definition) is 1. The molecule has 158 valence electrons. The minimum absolute atomic E-state index is 0.484. The highest BCUT2D eigenvalue weighted by Crippen LogP contribution is 2.19. The number of guanidine groups is 1. The molecule has 1 atom stereocenters. The molecule has 2 aliphatic rings. The Labute approximate surface area is 173 Å². The molecule has 1 N–H and O–H groups in total. The van der Waals surface area contributed by atoms with Crippen molar-refractivity contribution in [2.45, 2.75) is 33.2 Å².